The van der Waals surface area contributed by atoms with Crippen LogP contribution in [-0.4, -0.2) is 15.6 Å². The second-order valence-corrected chi connectivity index (χ2v) is 5.90. The minimum atomic E-state index is 0.325. The predicted molar refractivity (Wildman–Crippen MR) is 68.9 cm³/mol. The number of hydrogen-bond acceptors (Lipinski definition) is 2. The summed E-state index contributed by atoms with van der Waals surface area (Å²) in [4.78, 5) is 4.60. The van der Waals surface area contributed by atoms with Crippen molar-refractivity contribution >= 4 is 0 Å². The van der Waals surface area contributed by atoms with E-state index in [1.807, 2.05) is 0 Å². The summed E-state index contributed by atoms with van der Waals surface area (Å²) in [7, 11) is 0. The van der Waals surface area contributed by atoms with Gasteiger partial charge < -0.3 is 10.3 Å². The molecular weight excluding hydrogens is 210 g/mol. The summed E-state index contributed by atoms with van der Waals surface area (Å²) >= 11 is 0. The highest BCUT2D eigenvalue weighted by molar-refractivity contribution is 5.18. The van der Waals surface area contributed by atoms with Crippen molar-refractivity contribution in [3.8, 4) is 0 Å². The first-order chi connectivity index (χ1) is 8.25. The van der Waals surface area contributed by atoms with Gasteiger partial charge in [0, 0.05) is 11.7 Å². The van der Waals surface area contributed by atoms with Crippen molar-refractivity contribution < 1.29 is 0 Å². The molecule has 3 rings (SSSR count). The number of fused-ring (bicyclic) bond motifs is 1. The van der Waals surface area contributed by atoms with E-state index in [1.165, 1.54) is 56.3 Å². The van der Waals surface area contributed by atoms with Gasteiger partial charge in [0.25, 0.3) is 0 Å². The number of hydrogen-bond donors (Lipinski definition) is 1. The van der Waals surface area contributed by atoms with Gasteiger partial charge in [-0.05, 0) is 50.9 Å². The van der Waals surface area contributed by atoms with E-state index in [4.69, 9.17) is 5.73 Å². The Morgan fingerprint density at radius 1 is 1.29 bits per heavy atom. The first-order valence-corrected chi connectivity index (χ1v) is 7.06. The highest BCUT2D eigenvalue weighted by Gasteiger charge is 2.29. The molecule has 1 saturated carbocycles. The summed E-state index contributed by atoms with van der Waals surface area (Å²) in [5.41, 5.74) is 9.13. The number of aryl methyl sites for hydroxylation is 1. The van der Waals surface area contributed by atoms with Crippen molar-refractivity contribution in [2.45, 2.75) is 64.0 Å². The lowest BCUT2D eigenvalue weighted by atomic mass is 9.83. The van der Waals surface area contributed by atoms with Crippen LogP contribution in [0.25, 0.3) is 0 Å². The van der Waals surface area contributed by atoms with Gasteiger partial charge in [-0.1, -0.05) is 6.92 Å². The van der Waals surface area contributed by atoms with Crippen LogP contribution in [0.4, 0.5) is 0 Å². The summed E-state index contributed by atoms with van der Waals surface area (Å²) in [6, 6.07) is 0.819. The van der Waals surface area contributed by atoms with Crippen molar-refractivity contribution in [1.29, 1.82) is 0 Å². The fraction of sp³-hybridized carbons (Fsp3) is 0.786. The Balaban J connectivity index is 1.89. The van der Waals surface area contributed by atoms with Crippen LogP contribution < -0.4 is 5.73 Å². The molecule has 17 heavy (non-hydrogen) atoms. The molecule has 3 atom stereocenters. The van der Waals surface area contributed by atoms with Gasteiger partial charge in [0.2, 0.25) is 0 Å². The van der Waals surface area contributed by atoms with Crippen LogP contribution >= 0.6 is 0 Å². The second-order valence-electron chi connectivity index (χ2n) is 5.90. The second kappa shape index (κ2) is 4.45. The Hall–Kier alpha value is -0.830. The molecule has 0 aliphatic heterocycles. The molecule has 0 radical (unpaired) electrons. The van der Waals surface area contributed by atoms with E-state index in [-0.39, 0.29) is 0 Å². The maximum Gasteiger partial charge on any atom is 0.0954 e. The molecule has 3 unspecified atom stereocenters. The molecule has 0 spiro atoms. The molecule has 0 amide bonds. The molecule has 3 nitrogen and oxygen atoms in total. The van der Waals surface area contributed by atoms with Crippen LogP contribution in [0, 0.1) is 5.92 Å². The van der Waals surface area contributed by atoms with E-state index in [1.54, 1.807) is 0 Å². The molecule has 0 saturated heterocycles. The molecule has 0 bridgehead atoms. The molecule has 94 valence electrons. The monoisotopic (exact) mass is 233 g/mol. The van der Waals surface area contributed by atoms with E-state index in [0.29, 0.717) is 12.1 Å². The normalized spacial score (nSPS) is 33.4. The SMILES string of the molecule is CC1CCC(N)C(n2cnc3c2CCCC3)C1. The fourth-order valence-electron chi connectivity index (χ4n) is 3.47. The summed E-state index contributed by atoms with van der Waals surface area (Å²) < 4.78 is 2.41. The predicted octanol–water partition coefficient (Wildman–Crippen LogP) is 2.45. The van der Waals surface area contributed by atoms with E-state index in [0.717, 1.165) is 5.92 Å². The van der Waals surface area contributed by atoms with E-state index in [2.05, 4.69) is 22.8 Å². The zero-order valence-electron chi connectivity index (χ0n) is 10.7. The van der Waals surface area contributed by atoms with Gasteiger partial charge >= 0.3 is 0 Å². The van der Waals surface area contributed by atoms with Crippen molar-refractivity contribution in [2.24, 2.45) is 11.7 Å². The van der Waals surface area contributed by atoms with Crippen LogP contribution in [-0.2, 0) is 12.8 Å². The smallest absolute Gasteiger partial charge is 0.0954 e. The zero-order valence-corrected chi connectivity index (χ0v) is 10.7. The average molecular weight is 233 g/mol. The lowest BCUT2D eigenvalue weighted by Crippen LogP contribution is -2.37. The highest BCUT2D eigenvalue weighted by Crippen LogP contribution is 2.34. The van der Waals surface area contributed by atoms with Crippen molar-refractivity contribution in [3.05, 3.63) is 17.7 Å². The standard InChI is InChI=1S/C14H23N3/c1-10-6-7-11(15)14(8-10)17-9-16-12-4-2-3-5-13(12)17/h9-11,14H,2-8,15H2,1H3. The first kappa shape index (κ1) is 11.3. The van der Waals surface area contributed by atoms with Crippen LogP contribution in [0.15, 0.2) is 6.33 Å². The lowest BCUT2D eigenvalue weighted by Gasteiger charge is -2.34. The largest absolute Gasteiger partial charge is 0.330 e. The Morgan fingerprint density at radius 2 is 2.12 bits per heavy atom. The van der Waals surface area contributed by atoms with Crippen molar-refractivity contribution in [2.75, 3.05) is 0 Å². The van der Waals surface area contributed by atoms with Gasteiger partial charge in [0.05, 0.1) is 18.1 Å². The van der Waals surface area contributed by atoms with Crippen LogP contribution in [0.2, 0.25) is 0 Å². The van der Waals surface area contributed by atoms with Gasteiger partial charge in [-0.25, -0.2) is 4.98 Å². The molecule has 1 aromatic rings. The average Bonchev–Trinajstić information content (AvgIpc) is 2.76. The third kappa shape index (κ3) is 2.01. The third-order valence-electron chi connectivity index (χ3n) is 4.55. The third-order valence-corrected chi connectivity index (χ3v) is 4.55. The van der Waals surface area contributed by atoms with Crippen LogP contribution in [0.5, 0.6) is 0 Å². The molecule has 1 fully saturated rings. The van der Waals surface area contributed by atoms with Crippen LogP contribution in [0.3, 0.4) is 0 Å². The van der Waals surface area contributed by atoms with E-state index in [9.17, 15) is 0 Å². The molecule has 1 aromatic heterocycles. The number of aromatic nitrogens is 2. The summed E-state index contributed by atoms with van der Waals surface area (Å²) in [6.45, 7) is 2.35. The van der Waals surface area contributed by atoms with Gasteiger partial charge in [-0.3, -0.25) is 0 Å². The molecule has 3 heteroatoms. The zero-order chi connectivity index (χ0) is 11.8. The molecular formula is C14H23N3. The van der Waals surface area contributed by atoms with E-state index < -0.39 is 0 Å². The maximum atomic E-state index is 6.32. The van der Waals surface area contributed by atoms with Crippen molar-refractivity contribution in [1.82, 2.24) is 9.55 Å². The Kier molecular flexibility index (Phi) is 2.95. The minimum absolute atomic E-state index is 0.325. The molecule has 2 N–H and O–H groups in total. The highest BCUT2D eigenvalue weighted by atomic mass is 15.1. The summed E-state index contributed by atoms with van der Waals surface area (Å²) in [5.74, 6) is 0.807. The molecule has 2 aliphatic rings. The van der Waals surface area contributed by atoms with E-state index >= 15 is 0 Å². The quantitative estimate of drug-likeness (QED) is 0.809. The van der Waals surface area contributed by atoms with Crippen molar-refractivity contribution in [3.63, 3.8) is 0 Å². The van der Waals surface area contributed by atoms with Gasteiger partial charge in [-0.15, -0.1) is 0 Å². The number of nitrogens with two attached hydrogens (primary N) is 1. The number of rotatable bonds is 1. The Morgan fingerprint density at radius 3 is 3.00 bits per heavy atom. The molecule has 0 aromatic carbocycles. The Labute approximate surface area is 103 Å². The topological polar surface area (TPSA) is 43.8 Å². The Bertz CT molecular complexity index is 396. The first-order valence-electron chi connectivity index (χ1n) is 7.06. The maximum absolute atomic E-state index is 6.32. The minimum Gasteiger partial charge on any atom is -0.330 e. The number of imidazole rings is 1. The summed E-state index contributed by atoms with van der Waals surface area (Å²) in [5, 5.41) is 0. The summed E-state index contributed by atoms with van der Waals surface area (Å²) in [6.07, 6.45) is 10.7. The lowest BCUT2D eigenvalue weighted by molar-refractivity contribution is 0.243. The van der Waals surface area contributed by atoms with Gasteiger partial charge in [-0.2, -0.15) is 0 Å². The molecule has 2 aliphatic carbocycles. The molecule has 1 heterocycles. The van der Waals surface area contributed by atoms with Gasteiger partial charge in [0.15, 0.2) is 0 Å². The van der Waals surface area contributed by atoms with Gasteiger partial charge in [0.1, 0.15) is 0 Å². The van der Waals surface area contributed by atoms with Crippen LogP contribution in [0.1, 0.15) is 56.5 Å². The fourth-order valence-corrected chi connectivity index (χ4v) is 3.47. The number of nitrogens with zero attached hydrogens (tertiary/aromatic N) is 2.